The fourth-order valence-electron chi connectivity index (χ4n) is 3.65. The smallest absolute Gasteiger partial charge is 0.326 e. The maximum atomic E-state index is 13.0. The van der Waals surface area contributed by atoms with Gasteiger partial charge < -0.3 is 14.8 Å². The summed E-state index contributed by atoms with van der Waals surface area (Å²) in [4.78, 5) is 32.1. The number of aryl methyl sites for hydroxylation is 1. The summed E-state index contributed by atoms with van der Waals surface area (Å²) in [5.41, 5.74) is 3.56. The monoisotopic (exact) mass is 376 g/mol. The number of H-pyrrole nitrogens is 1. The molecule has 6 heteroatoms. The quantitative estimate of drug-likeness (QED) is 0.761. The molecule has 0 unspecified atom stereocenters. The number of benzene rings is 2. The highest BCUT2D eigenvalue weighted by molar-refractivity contribution is 5.92. The Morgan fingerprint density at radius 2 is 1.75 bits per heavy atom. The molecule has 6 nitrogen and oxygen atoms in total. The average molecular weight is 376 g/mol. The number of aromatic amines is 1. The van der Waals surface area contributed by atoms with Crippen LogP contribution in [0.5, 0.6) is 0 Å². The minimum absolute atomic E-state index is 0.0989. The van der Waals surface area contributed by atoms with E-state index in [4.69, 9.17) is 0 Å². The summed E-state index contributed by atoms with van der Waals surface area (Å²) in [6.45, 7) is 5.30. The number of nitrogens with zero attached hydrogens (tertiary/aromatic N) is 3. The molecule has 2 heterocycles. The molecule has 1 aliphatic heterocycles. The van der Waals surface area contributed by atoms with E-state index in [0.717, 1.165) is 18.7 Å². The molecule has 0 bridgehead atoms. The minimum atomic E-state index is -0.259. The second-order valence-corrected chi connectivity index (χ2v) is 7.17. The molecule has 0 spiro atoms. The third-order valence-corrected chi connectivity index (χ3v) is 5.20. The Morgan fingerprint density at radius 1 is 1.00 bits per heavy atom. The molecule has 1 amide bonds. The lowest BCUT2D eigenvalue weighted by Crippen LogP contribution is -2.49. The molecule has 1 fully saturated rings. The zero-order valence-electron chi connectivity index (χ0n) is 16.0. The van der Waals surface area contributed by atoms with Crippen molar-refractivity contribution in [3.8, 4) is 0 Å². The summed E-state index contributed by atoms with van der Waals surface area (Å²) in [5, 5.41) is 0. The van der Waals surface area contributed by atoms with Gasteiger partial charge in [-0.1, -0.05) is 42.5 Å². The summed E-state index contributed by atoms with van der Waals surface area (Å²) < 4.78 is 1.52. The highest BCUT2D eigenvalue weighted by Gasteiger charge is 2.25. The van der Waals surface area contributed by atoms with E-state index >= 15 is 0 Å². The van der Waals surface area contributed by atoms with Crippen LogP contribution in [0, 0.1) is 6.92 Å². The average Bonchev–Trinajstić information content (AvgIpc) is 3.09. The largest absolute Gasteiger partial charge is 0.368 e. The number of amides is 1. The summed E-state index contributed by atoms with van der Waals surface area (Å²) >= 11 is 0. The molecule has 2 aromatic carbocycles. The minimum Gasteiger partial charge on any atom is -0.368 e. The topological polar surface area (TPSA) is 61.3 Å². The highest BCUT2D eigenvalue weighted by atomic mass is 16.2. The van der Waals surface area contributed by atoms with Crippen LogP contribution in [0.4, 0.5) is 5.69 Å². The first kappa shape index (κ1) is 18.1. The van der Waals surface area contributed by atoms with E-state index in [2.05, 4.69) is 41.1 Å². The first-order valence-electron chi connectivity index (χ1n) is 9.55. The Labute approximate surface area is 164 Å². The van der Waals surface area contributed by atoms with Crippen LogP contribution in [0.25, 0.3) is 0 Å². The van der Waals surface area contributed by atoms with E-state index in [1.165, 1.54) is 22.0 Å². The van der Waals surface area contributed by atoms with E-state index in [0.29, 0.717) is 25.3 Å². The van der Waals surface area contributed by atoms with Gasteiger partial charge in [0.15, 0.2) is 0 Å². The molecule has 0 radical (unpaired) electrons. The fourth-order valence-corrected chi connectivity index (χ4v) is 3.65. The maximum Gasteiger partial charge on any atom is 0.326 e. The van der Waals surface area contributed by atoms with Crippen molar-refractivity contribution in [1.29, 1.82) is 0 Å². The van der Waals surface area contributed by atoms with Crippen molar-refractivity contribution in [3.05, 3.63) is 88.1 Å². The predicted molar refractivity (Wildman–Crippen MR) is 110 cm³/mol. The number of piperazine rings is 1. The molecule has 1 N–H and O–H groups in total. The first-order valence-corrected chi connectivity index (χ1v) is 9.55. The van der Waals surface area contributed by atoms with Gasteiger partial charge in [0.25, 0.3) is 5.91 Å². The van der Waals surface area contributed by atoms with E-state index in [1.54, 1.807) is 0 Å². The standard InChI is InChI=1S/C22H24N4O2/c1-17-6-5-9-19(14-17)24-10-12-25(13-11-24)21(27)20-15-23-22(28)26(20)16-18-7-3-2-4-8-18/h2-9,14-15H,10-13,16H2,1H3,(H,23,28). The van der Waals surface area contributed by atoms with Crippen LogP contribution in [0.2, 0.25) is 0 Å². The van der Waals surface area contributed by atoms with E-state index in [1.807, 2.05) is 35.2 Å². The number of carbonyl (C=O) groups excluding carboxylic acids is 1. The van der Waals surface area contributed by atoms with Gasteiger partial charge in [0.2, 0.25) is 0 Å². The van der Waals surface area contributed by atoms with Crippen LogP contribution < -0.4 is 10.6 Å². The Morgan fingerprint density at radius 3 is 2.46 bits per heavy atom. The van der Waals surface area contributed by atoms with Crippen LogP contribution in [-0.2, 0) is 6.54 Å². The Hall–Kier alpha value is -3.28. The second-order valence-electron chi connectivity index (χ2n) is 7.17. The van der Waals surface area contributed by atoms with E-state index in [-0.39, 0.29) is 11.6 Å². The van der Waals surface area contributed by atoms with E-state index in [9.17, 15) is 9.59 Å². The van der Waals surface area contributed by atoms with Crippen molar-refractivity contribution >= 4 is 11.6 Å². The van der Waals surface area contributed by atoms with Gasteiger partial charge in [-0.05, 0) is 30.2 Å². The first-order chi connectivity index (χ1) is 13.6. The van der Waals surface area contributed by atoms with Gasteiger partial charge in [-0.25, -0.2) is 4.79 Å². The van der Waals surface area contributed by atoms with E-state index < -0.39 is 0 Å². The molecular weight excluding hydrogens is 352 g/mol. The van der Waals surface area contributed by atoms with Crippen molar-refractivity contribution in [1.82, 2.24) is 14.5 Å². The Balaban J connectivity index is 1.47. The summed E-state index contributed by atoms with van der Waals surface area (Å²) in [6, 6.07) is 18.1. The molecule has 4 rings (SSSR count). The Bertz CT molecular complexity index is 1010. The number of anilines is 1. The van der Waals surface area contributed by atoms with Crippen LogP contribution in [-0.4, -0.2) is 46.5 Å². The van der Waals surface area contributed by atoms with Gasteiger partial charge in [-0.2, -0.15) is 0 Å². The highest BCUT2D eigenvalue weighted by Crippen LogP contribution is 2.18. The summed E-state index contributed by atoms with van der Waals surface area (Å²) in [7, 11) is 0. The summed E-state index contributed by atoms with van der Waals surface area (Å²) in [5.74, 6) is -0.0989. The number of nitrogens with one attached hydrogen (secondary N) is 1. The molecule has 1 aromatic heterocycles. The fraction of sp³-hybridized carbons (Fsp3) is 0.273. The van der Waals surface area contributed by atoms with Gasteiger partial charge in [-0.15, -0.1) is 0 Å². The van der Waals surface area contributed by atoms with Gasteiger partial charge in [0.1, 0.15) is 5.69 Å². The van der Waals surface area contributed by atoms with Crippen molar-refractivity contribution in [2.75, 3.05) is 31.1 Å². The molecule has 0 atom stereocenters. The summed E-state index contributed by atoms with van der Waals surface area (Å²) in [6.07, 6.45) is 1.53. The normalized spacial score (nSPS) is 14.3. The molecule has 1 saturated heterocycles. The lowest BCUT2D eigenvalue weighted by atomic mass is 10.2. The zero-order chi connectivity index (χ0) is 19.5. The van der Waals surface area contributed by atoms with Crippen LogP contribution in [0.1, 0.15) is 21.6 Å². The number of hydrogen-bond acceptors (Lipinski definition) is 3. The number of aromatic nitrogens is 2. The number of imidazole rings is 1. The molecule has 0 aliphatic carbocycles. The van der Waals surface area contributed by atoms with Crippen molar-refractivity contribution in [3.63, 3.8) is 0 Å². The third-order valence-electron chi connectivity index (χ3n) is 5.20. The predicted octanol–water partition coefficient (Wildman–Crippen LogP) is 2.50. The third kappa shape index (κ3) is 3.71. The SMILES string of the molecule is Cc1cccc(N2CCN(C(=O)c3c[nH]c(=O)n3Cc3ccccc3)CC2)c1. The van der Waals surface area contributed by atoms with Gasteiger partial charge in [0, 0.05) is 38.1 Å². The van der Waals surface area contributed by atoms with Crippen LogP contribution in [0.3, 0.4) is 0 Å². The molecule has 0 saturated carbocycles. The van der Waals surface area contributed by atoms with Crippen LogP contribution in [0.15, 0.2) is 65.6 Å². The Kier molecular flexibility index (Phi) is 5.02. The van der Waals surface area contributed by atoms with Crippen molar-refractivity contribution in [2.24, 2.45) is 0 Å². The maximum absolute atomic E-state index is 13.0. The number of rotatable bonds is 4. The second kappa shape index (κ2) is 7.76. The molecular formula is C22H24N4O2. The van der Waals surface area contributed by atoms with Crippen molar-refractivity contribution < 1.29 is 4.79 Å². The van der Waals surface area contributed by atoms with Gasteiger partial charge in [-0.3, -0.25) is 9.36 Å². The van der Waals surface area contributed by atoms with Crippen molar-refractivity contribution in [2.45, 2.75) is 13.5 Å². The number of hydrogen-bond donors (Lipinski definition) is 1. The van der Waals surface area contributed by atoms with Gasteiger partial charge >= 0.3 is 5.69 Å². The molecule has 144 valence electrons. The number of carbonyl (C=O) groups is 1. The molecule has 28 heavy (non-hydrogen) atoms. The van der Waals surface area contributed by atoms with Gasteiger partial charge in [0.05, 0.1) is 6.54 Å². The van der Waals surface area contributed by atoms with Crippen LogP contribution >= 0.6 is 0 Å². The lowest BCUT2D eigenvalue weighted by Gasteiger charge is -2.36. The molecule has 3 aromatic rings. The zero-order valence-corrected chi connectivity index (χ0v) is 16.0. The lowest BCUT2D eigenvalue weighted by molar-refractivity contribution is 0.0736. The molecule has 1 aliphatic rings.